The van der Waals surface area contributed by atoms with E-state index in [1.54, 1.807) is 13.0 Å². The molecule has 0 amide bonds. The van der Waals surface area contributed by atoms with E-state index in [1.165, 1.54) is 12.1 Å². The summed E-state index contributed by atoms with van der Waals surface area (Å²) in [6.07, 6.45) is 1.54. The highest BCUT2D eigenvalue weighted by molar-refractivity contribution is 7.89. The van der Waals surface area contributed by atoms with E-state index < -0.39 is 14.9 Å². The highest BCUT2D eigenvalue weighted by Gasteiger charge is 2.25. The molecule has 1 aromatic rings. The molecule has 0 atom stereocenters. The molecule has 0 saturated carbocycles. The second kappa shape index (κ2) is 5.92. The van der Waals surface area contributed by atoms with Gasteiger partial charge in [-0.05, 0) is 25.0 Å². The molecule has 0 unspecified atom stereocenters. The number of sulfonamides is 1. The Morgan fingerprint density at radius 1 is 1.39 bits per heavy atom. The molecule has 1 rings (SSSR count). The lowest BCUT2D eigenvalue weighted by molar-refractivity contribution is -0.387. The van der Waals surface area contributed by atoms with E-state index in [4.69, 9.17) is 0 Å². The molecule has 1 aromatic carbocycles. The van der Waals surface area contributed by atoms with Gasteiger partial charge in [-0.2, -0.15) is 0 Å². The third kappa shape index (κ3) is 3.51. The highest BCUT2D eigenvalue weighted by atomic mass is 32.2. The Kier molecular flexibility index (Phi) is 4.80. The van der Waals surface area contributed by atoms with Crippen molar-refractivity contribution in [1.29, 1.82) is 0 Å². The number of nitro groups is 1. The summed E-state index contributed by atoms with van der Waals surface area (Å²) in [5.74, 6) is 0. The number of benzene rings is 1. The molecular weight excluding hydrogens is 256 g/mol. The van der Waals surface area contributed by atoms with Crippen LogP contribution in [0.5, 0.6) is 0 Å². The molecule has 0 aromatic heterocycles. The topological polar surface area (TPSA) is 89.3 Å². The van der Waals surface area contributed by atoms with Crippen molar-refractivity contribution in [3.05, 3.63) is 33.9 Å². The molecule has 0 radical (unpaired) electrons. The summed E-state index contributed by atoms with van der Waals surface area (Å²) in [4.78, 5) is 9.90. The van der Waals surface area contributed by atoms with Crippen molar-refractivity contribution in [2.75, 3.05) is 6.54 Å². The second-order valence-electron chi connectivity index (χ2n) is 3.98. The number of unbranched alkanes of at least 4 members (excludes halogenated alkanes) is 1. The first-order valence-electron chi connectivity index (χ1n) is 5.63. The second-order valence-corrected chi connectivity index (χ2v) is 5.71. The number of nitrogens with one attached hydrogen (secondary N) is 1. The lowest BCUT2D eigenvalue weighted by Crippen LogP contribution is -2.25. The summed E-state index contributed by atoms with van der Waals surface area (Å²) in [6, 6.07) is 4.07. The van der Waals surface area contributed by atoms with Crippen molar-refractivity contribution < 1.29 is 13.3 Å². The predicted molar refractivity (Wildman–Crippen MR) is 67.9 cm³/mol. The molecule has 1 N–H and O–H groups in total. The average molecular weight is 272 g/mol. The van der Waals surface area contributed by atoms with Crippen molar-refractivity contribution in [2.45, 2.75) is 31.6 Å². The monoisotopic (exact) mass is 272 g/mol. The first kappa shape index (κ1) is 14.6. The maximum Gasteiger partial charge on any atom is 0.289 e. The maximum atomic E-state index is 11.9. The van der Waals surface area contributed by atoms with Crippen LogP contribution in [-0.2, 0) is 10.0 Å². The van der Waals surface area contributed by atoms with E-state index >= 15 is 0 Å². The number of nitro benzene ring substituents is 1. The highest BCUT2D eigenvalue weighted by Crippen LogP contribution is 2.24. The van der Waals surface area contributed by atoms with Crippen LogP contribution in [0, 0.1) is 17.0 Å². The average Bonchev–Trinajstić information content (AvgIpc) is 2.28. The van der Waals surface area contributed by atoms with Crippen LogP contribution in [0.25, 0.3) is 0 Å². The van der Waals surface area contributed by atoms with Crippen LogP contribution in [0.15, 0.2) is 23.1 Å². The fourth-order valence-electron chi connectivity index (χ4n) is 1.46. The summed E-state index contributed by atoms with van der Waals surface area (Å²) in [5, 5.41) is 10.9. The van der Waals surface area contributed by atoms with Gasteiger partial charge in [0.15, 0.2) is 4.90 Å². The Balaban J connectivity index is 3.12. The molecule has 0 aliphatic carbocycles. The van der Waals surface area contributed by atoms with Gasteiger partial charge in [0.05, 0.1) is 4.92 Å². The zero-order chi connectivity index (χ0) is 13.8. The number of aryl methyl sites for hydroxylation is 1. The van der Waals surface area contributed by atoms with Crippen molar-refractivity contribution in [2.24, 2.45) is 0 Å². The molecular formula is C11H16N2O4S. The zero-order valence-electron chi connectivity index (χ0n) is 10.3. The minimum atomic E-state index is -3.82. The molecule has 0 spiro atoms. The number of hydrogen-bond acceptors (Lipinski definition) is 4. The lowest BCUT2D eigenvalue weighted by atomic mass is 10.2. The molecule has 0 bridgehead atoms. The molecule has 6 nitrogen and oxygen atoms in total. The fraction of sp³-hybridized carbons (Fsp3) is 0.455. The molecule has 18 heavy (non-hydrogen) atoms. The Morgan fingerprint density at radius 3 is 2.61 bits per heavy atom. The Bertz CT molecular complexity index is 540. The van der Waals surface area contributed by atoms with Crippen LogP contribution < -0.4 is 4.72 Å². The van der Waals surface area contributed by atoms with E-state index in [-0.39, 0.29) is 17.1 Å². The van der Waals surface area contributed by atoms with Gasteiger partial charge in [-0.25, -0.2) is 13.1 Å². The van der Waals surface area contributed by atoms with E-state index in [0.29, 0.717) is 12.0 Å². The molecule has 0 saturated heterocycles. The van der Waals surface area contributed by atoms with Gasteiger partial charge in [0.25, 0.3) is 5.69 Å². The normalized spacial score (nSPS) is 11.4. The molecule has 7 heteroatoms. The Hall–Kier alpha value is -1.47. The minimum Gasteiger partial charge on any atom is -0.258 e. The van der Waals surface area contributed by atoms with Gasteiger partial charge >= 0.3 is 0 Å². The van der Waals surface area contributed by atoms with Crippen molar-refractivity contribution >= 4 is 15.7 Å². The standard InChI is InChI=1S/C11H16N2O4S/c1-3-4-7-12-18(16,17)11-6-5-9(2)8-10(11)13(14)15/h5-6,8,12H,3-4,7H2,1-2H3. The summed E-state index contributed by atoms with van der Waals surface area (Å²) in [6.45, 7) is 3.89. The van der Waals surface area contributed by atoms with Gasteiger partial charge in [-0.3, -0.25) is 10.1 Å². The molecule has 0 aliphatic heterocycles. The summed E-state index contributed by atoms with van der Waals surface area (Å²) in [5.41, 5.74) is 0.258. The van der Waals surface area contributed by atoms with E-state index in [2.05, 4.69) is 4.72 Å². The van der Waals surface area contributed by atoms with E-state index in [0.717, 1.165) is 6.42 Å². The minimum absolute atomic E-state index is 0.282. The summed E-state index contributed by atoms with van der Waals surface area (Å²) in [7, 11) is -3.82. The smallest absolute Gasteiger partial charge is 0.258 e. The van der Waals surface area contributed by atoms with E-state index in [9.17, 15) is 18.5 Å². The van der Waals surface area contributed by atoms with Gasteiger partial charge in [-0.15, -0.1) is 0 Å². The van der Waals surface area contributed by atoms with Crippen LogP contribution in [-0.4, -0.2) is 19.9 Å². The van der Waals surface area contributed by atoms with Crippen LogP contribution >= 0.6 is 0 Å². The molecule has 0 fully saturated rings. The van der Waals surface area contributed by atoms with Gasteiger partial charge in [-0.1, -0.05) is 19.4 Å². The van der Waals surface area contributed by atoms with Gasteiger partial charge in [0.1, 0.15) is 0 Å². The fourth-order valence-corrected chi connectivity index (χ4v) is 2.68. The first-order valence-corrected chi connectivity index (χ1v) is 7.11. The molecule has 100 valence electrons. The van der Waals surface area contributed by atoms with Crippen LogP contribution in [0.2, 0.25) is 0 Å². The number of nitrogens with zero attached hydrogens (tertiary/aromatic N) is 1. The first-order chi connectivity index (χ1) is 8.38. The Morgan fingerprint density at radius 2 is 2.06 bits per heavy atom. The third-order valence-corrected chi connectivity index (χ3v) is 3.93. The third-order valence-electron chi connectivity index (χ3n) is 2.42. The lowest BCUT2D eigenvalue weighted by Gasteiger charge is -2.07. The van der Waals surface area contributed by atoms with Crippen molar-refractivity contribution in [3.63, 3.8) is 0 Å². The number of rotatable bonds is 6. The van der Waals surface area contributed by atoms with Crippen LogP contribution in [0.3, 0.4) is 0 Å². The number of hydrogen-bond donors (Lipinski definition) is 1. The Labute approximate surface area is 106 Å². The maximum absolute atomic E-state index is 11.9. The van der Waals surface area contributed by atoms with Gasteiger partial charge in [0, 0.05) is 12.6 Å². The van der Waals surface area contributed by atoms with Crippen molar-refractivity contribution in [3.8, 4) is 0 Å². The molecule has 0 aliphatic rings. The summed E-state index contributed by atoms with van der Waals surface area (Å²) >= 11 is 0. The van der Waals surface area contributed by atoms with Gasteiger partial charge < -0.3 is 0 Å². The van der Waals surface area contributed by atoms with Crippen LogP contribution in [0.4, 0.5) is 5.69 Å². The molecule has 0 heterocycles. The summed E-state index contributed by atoms with van der Waals surface area (Å²) < 4.78 is 26.2. The predicted octanol–water partition coefficient (Wildman–Crippen LogP) is 1.98. The zero-order valence-corrected chi connectivity index (χ0v) is 11.2. The SMILES string of the molecule is CCCCNS(=O)(=O)c1ccc(C)cc1[N+](=O)[O-]. The van der Waals surface area contributed by atoms with Gasteiger partial charge in [0.2, 0.25) is 10.0 Å². The van der Waals surface area contributed by atoms with Crippen LogP contribution in [0.1, 0.15) is 25.3 Å². The van der Waals surface area contributed by atoms with E-state index in [1.807, 2.05) is 6.92 Å². The van der Waals surface area contributed by atoms with Crippen molar-refractivity contribution in [1.82, 2.24) is 4.72 Å². The quantitative estimate of drug-likeness (QED) is 0.487. The largest absolute Gasteiger partial charge is 0.289 e.